The Kier molecular flexibility index (Phi) is 5.31. The molecule has 5 heteroatoms. The Morgan fingerprint density at radius 2 is 1.90 bits per heavy atom. The summed E-state index contributed by atoms with van der Waals surface area (Å²) in [6.07, 6.45) is 2.94. The third kappa shape index (κ3) is 3.60. The van der Waals surface area contributed by atoms with Crippen LogP contribution in [0.2, 0.25) is 0 Å². The molecule has 0 atom stereocenters. The van der Waals surface area contributed by atoms with E-state index in [9.17, 15) is 4.79 Å². The van der Waals surface area contributed by atoms with Crippen LogP contribution in [0.4, 0.5) is 4.79 Å². The van der Waals surface area contributed by atoms with Crippen molar-refractivity contribution in [3.05, 3.63) is 23.3 Å². The fourth-order valence-electron chi connectivity index (χ4n) is 2.54. The van der Waals surface area contributed by atoms with Crippen LogP contribution in [-0.2, 0) is 13.0 Å². The first-order chi connectivity index (χ1) is 10.2. The van der Waals surface area contributed by atoms with Crippen LogP contribution in [0.25, 0.3) is 0 Å². The van der Waals surface area contributed by atoms with Crippen molar-refractivity contribution < 1.29 is 14.3 Å². The van der Waals surface area contributed by atoms with Gasteiger partial charge in [0.2, 0.25) is 0 Å². The molecule has 1 aromatic rings. The van der Waals surface area contributed by atoms with Crippen LogP contribution in [0.5, 0.6) is 11.5 Å². The van der Waals surface area contributed by atoms with E-state index >= 15 is 0 Å². The standard InChI is InChI=1S/C16H24N2O3/c1-4-5-7-17-16(19)18-8-6-12-9-14(20-2)15(21-3)10-13(12)11-18/h9-10H,4-8,11H2,1-3H3,(H,17,19). The highest BCUT2D eigenvalue weighted by molar-refractivity contribution is 5.74. The van der Waals surface area contributed by atoms with Gasteiger partial charge in [-0.25, -0.2) is 4.79 Å². The molecule has 0 fully saturated rings. The molecule has 0 aliphatic carbocycles. The molecule has 2 amide bonds. The maximum Gasteiger partial charge on any atom is 0.317 e. The number of carbonyl (C=O) groups is 1. The highest BCUT2D eigenvalue weighted by atomic mass is 16.5. The molecule has 1 aliphatic heterocycles. The van der Waals surface area contributed by atoms with E-state index in [-0.39, 0.29) is 6.03 Å². The number of rotatable bonds is 5. The van der Waals surface area contributed by atoms with Gasteiger partial charge in [-0.15, -0.1) is 0 Å². The lowest BCUT2D eigenvalue weighted by atomic mass is 9.99. The predicted molar refractivity (Wildman–Crippen MR) is 82.0 cm³/mol. The van der Waals surface area contributed by atoms with Gasteiger partial charge in [-0.05, 0) is 36.1 Å². The van der Waals surface area contributed by atoms with Gasteiger partial charge in [0.15, 0.2) is 11.5 Å². The van der Waals surface area contributed by atoms with Crippen LogP contribution in [-0.4, -0.2) is 38.2 Å². The van der Waals surface area contributed by atoms with E-state index in [0.29, 0.717) is 12.3 Å². The monoisotopic (exact) mass is 292 g/mol. The quantitative estimate of drug-likeness (QED) is 0.849. The molecule has 5 nitrogen and oxygen atoms in total. The Morgan fingerprint density at radius 1 is 1.24 bits per heavy atom. The van der Waals surface area contributed by atoms with Gasteiger partial charge in [-0.1, -0.05) is 13.3 Å². The van der Waals surface area contributed by atoms with Crippen molar-refractivity contribution >= 4 is 6.03 Å². The number of fused-ring (bicyclic) bond motifs is 1. The summed E-state index contributed by atoms with van der Waals surface area (Å²) in [6, 6.07) is 4.00. The van der Waals surface area contributed by atoms with Crippen molar-refractivity contribution in [3.8, 4) is 11.5 Å². The van der Waals surface area contributed by atoms with Crippen molar-refractivity contribution in [1.82, 2.24) is 10.2 Å². The second kappa shape index (κ2) is 7.20. The molecule has 116 valence electrons. The van der Waals surface area contributed by atoms with E-state index in [1.807, 2.05) is 17.0 Å². The number of nitrogens with one attached hydrogen (secondary N) is 1. The molecule has 0 saturated carbocycles. The van der Waals surface area contributed by atoms with Gasteiger partial charge in [0, 0.05) is 19.6 Å². The van der Waals surface area contributed by atoms with Gasteiger partial charge in [-0.3, -0.25) is 0 Å². The van der Waals surface area contributed by atoms with E-state index in [4.69, 9.17) is 9.47 Å². The fraction of sp³-hybridized carbons (Fsp3) is 0.562. The van der Waals surface area contributed by atoms with Gasteiger partial charge in [0.05, 0.1) is 14.2 Å². The van der Waals surface area contributed by atoms with E-state index < -0.39 is 0 Å². The molecular weight excluding hydrogens is 268 g/mol. The number of hydrogen-bond donors (Lipinski definition) is 1. The molecule has 0 radical (unpaired) electrons. The minimum Gasteiger partial charge on any atom is -0.493 e. The molecule has 1 aliphatic rings. The zero-order valence-electron chi connectivity index (χ0n) is 13.1. The van der Waals surface area contributed by atoms with Gasteiger partial charge in [0.1, 0.15) is 0 Å². The number of nitrogens with zero attached hydrogens (tertiary/aromatic N) is 1. The molecule has 0 bridgehead atoms. The van der Waals surface area contributed by atoms with Crippen LogP contribution in [0.3, 0.4) is 0 Å². The Balaban J connectivity index is 2.07. The highest BCUT2D eigenvalue weighted by Crippen LogP contribution is 2.33. The van der Waals surface area contributed by atoms with Crippen LogP contribution >= 0.6 is 0 Å². The fourth-order valence-corrected chi connectivity index (χ4v) is 2.54. The van der Waals surface area contributed by atoms with Crippen molar-refractivity contribution in [1.29, 1.82) is 0 Å². The average Bonchev–Trinajstić information content (AvgIpc) is 2.52. The molecule has 1 aromatic carbocycles. The lowest BCUT2D eigenvalue weighted by Gasteiger charge is -2.29. The molecule has 1 heterocycles. The van der Waals surface area contributed by atoms with E-state index in [1.54, 1.807) is 14.2 Å². The summed E-state index contributed by atoms with van der Waals surface area (Å²) < 4.78 is 10.7. The average molecular weight is 292 g/mol. The highest BCUT2D eigenvalue weighted by Gasteiger charge is 2.22. The van der Waals surface area contributed by atoms with Gasteiger partial charge >= 0.3 is 6.03 Å². The summed E-state index contributed by atoms with van der Waals surface area (Å²) in [6.45, 7) is 4.21. The summed E-state index contributed by atoms with van der Waals surface area (Å²) in [5.41, 5.74) is 2.36. The number of unbranched alkanes of at least 4 members (excludes halogenated alkanes) is 1. The molecule has 0 aromatic heterocycles. The molecule has 0 unspecified atom stereocenters. The number of ether oxygens (including phenoxy) is 2. The van der Waals surface area contributed by atoms with Crippen LogP contribution < -0.4 is 14.8 Å². The topological polar surface area (TPSA) is 50.8 Å². The minimum absolute atomic E-state index is 0.0175. The predicted octanol–water partition coefficient (Wildman–Crippen LogP) is 2.57. The largest absolute Gasteiger partial charge is 0.493 e. The number of urea groups is 1. The lowest BCUT2D eigenvalue weighted by Crippen LogP contribution is -2.43. The molecule has 1 N–H and O–H groups in total. The number of methoxy groups -OCH3 is 2. The zero-order valence-corrected chi connectivity index (χ0v) is 13.1. The smallest absolute Gasteiger partial charge is 0.317 e. The van der Waals surface area contributed by atoms with Crippen molar-refractivity contribution in [2.45, 2.75) is 32.7 Å². The second-order valence-electron chi connectivity index (χ2n) is 5.23. The summed E-state index contributed by atoms with van der Waals surface area (Å²) in [4.78, 5) is 14.0. The van der Waals surface area contributed by atoms with Crippen molar-refractivity contribution in [2.24, 2.45) is 0 Å². The van der Waals surface area contributed by atoms with Crippen molar-refractivity contribution in [3.63, 3.8) is 0 Å². The van der Waals surface area contributed by atoms with Crippen LogP contribution in [0.15, 0.2) is 12.1 Å². The number of hydrogen-bond acceptors (Lipinski definition) is 3. The molecular formula is C16H24N2O3. The number of carbonyl (C=O) groups excluding carboxylic acids is 1. The first-order valence-corrected chi connectivity index (χ1v) is 7.46. The summed E-state index contributed by atoms with van der Waals surface area (Å²) in [5.74, 6) is 1.46. The Labute approximate surface area is 126 Å². The third-order valence-corrected chi connectivity index (χ3v) is 3.81. The Morgan fingerprint density at radius 3 is 2.52 bits per heavy atom. The lowest BCUT2D eigenvalue weighted by molar-refractivity contribution is 0.192. The first kappa shape index (κ1) is 15.5. The summed E-state index contributed by atoms with van der Waals surface area (Å²) in [5, 5.41) is 2.97. The number of benzene rings is 1. The van der Waals surface area contributed by atoms with E-state index in [2.05, 4.69) is 12.2 Å². The normalized spacial score (nSPS) is 13.6. The summed E-state index contributed by atoms with van der Waals surface area (Å²) in [7, 11) is 3.27. The van der Waals surface area contributed by atoms with Gasteiger partial charge < -0.3 is 19.7 Å². The van der Waals surface area contributed by atoms with Crippen LogP contribution in [0, 0.1) is 0 Å². The Bertz CT molecular complexity index is 503. The maximum absolute atomic E-state index is 12.1. The Hall–Kier alpha value is -1.91. The van der Waals surface area contributed by atoms with Crippen LogP contribution in [0.1, 0.15) is 30.9 Å². The minimum atomic E-state index is 0.0175. The first-order valence-electron chi connectivity index (χ1n) is 7.46. The van der Waals surface area contributed by atoms with Gasteiger partial charge in [0.25, 0.3) is 0 Å². The molecule has 0 saturated heterocycles. The van der Waals surface area contributed by atoms with Gasteiger partial charge in [-0.2, -0.15) is 0 Å². The number of amides is 2. The third-order valence-electron chi connectivity index (χ3n) is 3.81. The molecule has 21 heavy (non-hydrogen) atoms. The SMILES string of the molecule is CCCCNC(=O)N1CCc2cc(OC)c(OC)cc2C1. The molecule has 2 rings (SSSR count). The maximum atomic E-state index is 12.1. The van der Waals surface area contributed by atoms with E-state index in [0.717, 1.165) is 43.7 Å². The zero-order chi connectivity index (χ0) is 15.2. The second-order valence-corrected chi connectivity index (χ2v) is 5.23. The summed E-state index contributed by atoms with van der Waals surface area (Å²) >= 11 is 0. The van der Waals surface area contributed by atoms with E-state index in [1.165, 1.54) is 5.56 Å². The molecule has 0 spiro atoms. The van der Waals surface area contributed by atoms with Crippen molar-refractivity contribution in [2.75, 3.05) is 27.3 Å².